The van der Waals surface area contributed by atoms with Gasteiger partial charge in [0.2, 0.25) is 0 Å². The topological polar surface area (TPSA) is 79.4 Å². The van der Waals surface area contributed by atoms with Crippen molar-refractivity contribution in [3.05, 3.63) is 70.0 Å². The van der Waals surface area contributed by atoms with Crippen molar-refractivity contribution < 1.29 is 13.9 Å². The van der Waals surface area contributed by atoms with E-state index >= 15 is 0 Å². The molecule has 0 unspecified atom stereocenters. The van der Waals surface area contributed by atoms with E-state index in [1.807, 2.05) is 12.1 Å². The monoisotopic (exact) mass is 446 g/mol. The molecule has 0 spiro atoms. The van der Waals surface area contributed by atoms with E-state index in [2.05, 4.69) is 27.1 Å². The van der Waals surface area contributed by atoms with Crippen molar-refractivity contribution in [1.82, 2.24) is 15.5 Å². The van der Waals surface area contributed by atoms with Gasteiger partial charge in [-0.05, 0) is 44.0 Å². The lowest BCUT2D eigenvalue weighted by molar-refractivity contribution is 0.0938. The van der Waals surface area contributed by atoms with E-state index in [0.717, 1.165) is 18.4 Å². The summed E-state index contributed by atoms with van der Waals surface area (Å²) >= 11 is 0. The molecule has 3 aromatic rings. The number of nitrogens with one attached hydrogen (secondary N) is 2. The van der Waals surface area contributed by atoms with Gasteiger partial charge in [-0.3, -0.25) is 14.9 Å². The van der Waals surface area contributed by atoms with Crippen LogP contribution in [0.3, 0.4) is 0 Å². The molecule has 1 aromatic heterocycles. The van der Waals surface area contributed by atoms with E-state index in [1.165, 1.54) is 26.0 Å². The third kappa shape index (κ3) is 4.87. The number of carbonyl (C=O) groups is 1. The third-order valence-electron chi connectivity index (χ3n) is 5.95. The Labute approximate surface area is 191 Å². The minimum Gasteiger partial charge on any atom is -0.496 e. The van der Waals surface area contributed by atoms with Gasteiger partial charge in [0.05, 0.1) is 35.6 Å². The average molecular weight is 447 g/mol. The van der Waals surface area contributed by atoms with Crippen LogP contribution in [0.15, 0.2) is 47.5 Å². The van der Waals surface area contributed by atoms with Crippen molar-refractivity contribution >= 4 is 24.4 Å². The lowest BCUT2D eigenvalue weighted by Crippen LogP contribution is -2.32. The number of nitrogens with zero attached hydrogens (tertiary/aromatic N) is 2. The van der Waals surface area contributed by atoms with Crippen molar-refractivity contribution in [2.75, 3.05) is 7.11 Å². The molecule has 7 heteroatoms. The smallest absolute Gasteiger partial charge is 0.251 e. The average Bonchev–Trinajstić information content (AvgIpc) is 3.47. The number of hydrogen-bond acceptors (Lipinski definition) is 4. The van der Waals surface area contributed by atoms with Crippen molar-refractivity contribution in [3.63, 3.8) is 0 Å². The predicted molar refractivity (Wildman–Crippen MR) is 128 cm³/mol. The van der Waals surface area contributed by atoms with Gasteiger partial charge in [-0.15, -0.1) is 0 Å². The maximum atomic E-state index is 14.3. The number of aliphatic imine (C=N–C) groups is 1. The number of rotatable bonds is 6. The van der Waals surface area contributed by atoms with Crippen molar-refractivity contribution in [2.45, 2.75) is 38.6 Å². The Morgan fingerprint density at radius 1 is 1.24 bits per heavy atom. The largest absolute Gasteiger partial charge is 0.496 e. The number of aromatic amines is 1. The zero-order valence-electron chi connectivity index (χ0n) is 18.8. The SMILES string of the molecule is C=c1c(-c2ccc(C(=O)NC3CCCC3)cc2)n[nH]/c1=C/N=C(\C)c1c(F)cccc1OC. The van der Waals surface area contributed by atoms with Crippen molar-refractivity contribution in [3.8, 4) is 17.0 Å². The first-order valence-corrected chi connectivity index (χ1v) is 11.0. The third-order valence-corrected chi connectivity index (χ3v) is 5.95. The van der Waals surface area contributed by atoms with E-state index in [1.54, 1.807) is 37.4 Å². The number of carbonyl (C=O) groups excluding carboxylic acids is 1. The summed E-state index contributed by atoms with van der Waals surface area (Å²) in [6, 6.07) is 12.2. The molecule has 170 valence electrons. The van der Waals surface area contributed by atoms with E-state index in [-0.39, 0.29) is 11.9 Å². The summed E-state index contributed by atoms with van der Waals surface area (Å²) in [5.41, 5.74) is 2.91. The molecular weight excluding hydrogens is 419 g/mol. The quantitative estimate of drug-likeness (QED) is 0.569. The number of H-pyrrole nitrogens is 1. The number of aromatic nitrogens is 2. The van der Waals surface area contributed by atoms with Gasteiger partial charge in [0, 0.05) is 22.4 Å². The highest BCUT2D eigenvalue weighted by atomic mass is 19.1. The van der Waals surface area contributed by atoms with E-state index in [9.17, 15) is 9.18 Å². The van der Waals surface area contributed by atoms with Gasteiger partial charge >= 0.3 is 0 Å². The Bertz CT molecular complexity index is 1290. The van der Waals surface area contributed by atoms with Crippen LogP contribution in [0, 0.1) is 5.82 Å². The van der Waals surface area contributed by atoms with Gasteiger partial charge < -0.3 is 10.1 Å². The summed E-state index contributed by atoms with van der Waals surface area (Å²) in [5, 5.41) is 11.7. The Balaban J connectivity index is 1.55. The minimum absolute atomic E-state index is 0.0484. The van der Waals surface area contributed by atoms with Gasteiger partial charge in [-0.1, -0.05) is 37.6 Å². The van der Waals surface area contributed by atoms with Crippen LogP contribution in [0.4, 0.5) is 4.39 Å². The number of amides is 1. The van der Waals surface area contributed by atoms with Crippen molar-refractivity contribution in [1.29, 1.82) is 0 Å². The number of hydrogen-bond donors (Lipinski definition) is 2. The second-order valence-electron chi connectivity index (χ2n) is 8.16. The van der Waals surface area contributed by atoms with Crippen LogP contribution in [-0.2, 0) is 0 Å². The van der Waals surface area contributed by atoms with Crippen LogP contribution in [0.1, 0.15) is 48.5 Å². The van der Waals surface area contributed by atoms with Gasteiger partial charge in [0.15, 0.2) is 0 Å². The number of methoxy groups -OCH3 is 1. The van der Waals surface area contributed by atoms with E-state index in [0.29, 0.717) is 38.8 Å². The van der Waals surface area contributed by atoms with Gasteiger partial charge in [-0.2, -0.15) is 5.10 Å². The minimum atomic E-state index is -0.402. The summed E-state index contributed by atoms with van der Waals surface area (Å²) in [5.74, 6) is -0.0317. The highest BCUT2D eigenvalue weighted by molar-refractivity contribution is 6.02. The zero-order chi connectivity index (χ0) is 23.4. The van der Waals surface area contributed by atoms with Crippen LogP contribution >= 0.6 is 0 Å². The molecule has 1 aliphatic carbocycles. The van der Waals surface area contributed by atoms with Gasteiger partial charge in [0.1, 0.15) is 11.6 Å². The molecule has 6 nitrogen and oxygen atoms in total. The van der Waals surface area contributed by atoms with Crippen LogP contribution < -0.4 is 20.6 Å². The summed E-state index contributed by atoms with van der Waals surface area (Å²) in [7, 11) is 1.49. The lowest BCUT2D eigenvalue weighted by atomic mass is 10.1. The molecule has 0 atom stereocenters. The molecule has 33 heavy (non-hydrogen) atoms. The molecule has 0 aliphatic heterocycles. The standard InChI is InChI=1S/C26H27FN4O2/c1-16-22(15-28-17(2)24-21(27)9-6-10-23(24)33-3)30-31-25(16)18-11-13-19(14-12-18)26(32)29-20-7-4-5-8-20/h6,9-15,20,30H,1,4-5,7-8H2,2-3H3,(H,29,32)/b22-15+,28-17+. The van der Waals surface area contributed by atoms with E-state index < -0.39 is 5.82 Å². The summed E-state index contributed by atoms with van der Waals surface area (Å²) in [4.78, 5) is 16.9. The van der Waals surface area contributed by atoms with Crippen LogP contribution in [0.2, 0.25) is 0 Å². The molecular formula is C26H27FN4O2. The fourth-order valence-corrected chi connectivity index (χ4v) is 4.09. The maximum Gasteiger partial charge on any atom is 0.251 e. The molecule has 2 N–H and O–H groups in total. The molecule has 2 aromatic carbocycles. The Kier molecular flexibility index (Phi) is 6.68. The fraction of sp³-hybridized carbons (Fsp3) is 0.269. The maximum absolute atomic E-state index is 14.3. The molecule has 1 fully saturated rings. The first kappa shape index (κ1) is 22.5. The van der Waals surface area contributed by atoms with Crippen LogP contribution in [0.5, 0.6) is 5.75 Å². The highest BCUT2D eigenvalue weighted by Crippen LogP contribution is 2.22. The summed E-state index contributed by atoms with van der Waals surface area (Å²) < 4.78 is 19.5. The molecule has 1 heterocycles. The van der Waals surface area contributed by atoms with Crippen LogP contribution in [0.25, 0.3) is 24.0 Å². The second kappa shape index (κ2) is 9.81. The molecule has 1 aliphatic rings. The Hall–Kier alpha value is -3.74. The highest BCUT2D eigenvalue weighted by Gasteiger charge is 2.18. The predicted octanol–water partition coefficient (Wildman–Crippen LogP) is 3.55. The molecule has 1 saturated carbocycles. The van der Waals surface area contributed by atoms with Gasteiger partial charge in [0.25, 0.3) is 5.91 Å². The summed E-state index contributed by atoms with van der Waals surface area (Å²) in [6.45, 7) is 5.83. The fourth-order valence-electron chi connectivity index (χ4n) is 4.09. The summed E-state index contributed by atoms with van der Waals surface area (Å²) in [6.07, 6.45) is 6.02. The zero-order valence-corrected chi connectivity index (χ0v) is 18.8. The Morgan fingerprint density at radius 3 is 2.67 bits per heavy atom. The molecule has 4 rings (SSSR count). The Morgan fingerprint density at radius 2 is 1.97 bits per heavy atom. The van der Waals surface area contributed by atoms with Crippen LogP contribution in [-0.4, -0.2) is 35.0 Å². The normalized spacial score (nSPS) is 15.1. The van der Waals surface area contributed by atoms with E-state index in [4.69, 9.17) is 4.74 Å². The first-order chi connectivity index (χ1) is 16.0. The molecule has 0 saturated heterocycles. The number of halogens is 1. The van der Waals surface area contributed by atoms with Crippen molar-refractivity contribution in [2.24, 2.45) is 4.99 Å². The second-order valence-corrected chi connectivity index (χ2v) is 8.16. The first-order valence-electron chi connectivity index (χ1n) is 11.0. The molecule has 0 bridgehead atoms. The van der Waals surface area contributed by atoms with Gasteiger partial charge in [-0.25, -0.2) is 4.39 Å². The number of ether oxygens (including phenoxy) is 1. The molecule has 0 radical (unpaired) electrons. The lowest BCUT2D eigenvalue weighted by Gasteiger charge is -2.11. The number of benzene rings is 2. The molecule has 1 amide bonds.